The summed E-state index contributed by atoms with van der Waals surface area (Å²) in [6.45, 7) is 5.11. The maximum absolute atomic E-state index is 14.2. The summed E-state index contributed by atoms with van der Waals surface area (Å²) in [6.07, 6.45) is -0.246. The second-order valence-electron chi connectivity index (χ2n) is 12.6. The van der Waals surface area contributed by atoms with Gasteiger partial charge < -0.3 is 18.8 Å². The van der Waals surface area contributed by atoms with Crippen LogP contribution in [0.4, 0.5) is 23.7 Å². The number of esters is 1. The third kappa shape index (κ3) is 9.34. The number of ether oxygens (including phenoxy) is 3. The van der Waals surface area contributed by atoms with Gasteiger partial charge in [0.05, 0.1) is 41.8 Å². The van der Waals surface area contributed by atoms with E-state index in [0.717, 1.165) is 29.9 Å². The number of alkyl halides is 3. The van der Waals surface area contributed by atoms with Gasteiger partial charge in [-0.2, -0.15) is 13.2 Å². The summed E-state index contributed by atoms with van der Waals surface area (Å²) in [4.78, 5) is 29.0. The zero-order chi connectivity index (χ0) is 37.8. The molecule has 0 saturated heterocycles. The van der Waals surface area contributed by atoms with Crippen LogP contribution in [0.25, 0.3) is 34.5 Å². The van der Waals surface area contributed by atoms with Crippen molar-refractivity contribution in [1.29, 1.82) is 0 Å². The van der Waals surface area contributed by atoms with Crippen molar-refractivity contribution in [2.24, 2.45) is 0 Å². The number of anilines is 1. The molecule has 8 nitrogen and oxygen atoms in total. The Labute approximate surface area is 308 Å². The molecular weight excluding hydrogens is 718 g/mol. The van der Waals surface area contributed by atoms with E-state index in [1.165, 1.54) is 19.2 Å². The van der Waals surface area contributed by atoms with Crippen LogP contribution in [0, 0.1) is 0 Å². The molecule has 0 spiro atoms. The number of imidazole rings is 1. The van der Waals surface area contributed by atoms with Crippen molar-refractivity contribution in [3.8, 4) is 28.1 Å². The van der Waals surface area contributed by atoms with Crippen molar-refractivity contribution in [1.82, 2.24) is 9.55 Å². The van der Waals surface area contributed by atoms with Gasteiger partial charge >= 0.3 is 18.2 Å². The van der Waals surface area contributed by atoms with Gasteiger partial charge in [0.1, 0.15) is 17.2 Å². The van der Waals surface area contributed by atoms with Crippen molar-refractivity contribution >= 4 is 53.1 Å². The normalized spacial score (nSPS) is 11.8. The fourth-order valence-electron chi connectivity index (χ4n) is 5.27. The van der Waals surface area contributed by atoms with Gasteiger partial charge in [0, 0.05) is 23.3 Å². The molecule has 0 aliphatic carbocycles. The molecule has 5 rings (SSSR count). The van der Waals surface area contributed by atoms with Gasteiger partial charge in [-0.15, -0.1) is 0 Å². The maximum Gasteiger partial charge on any atom is 0.416 e. The lowest BCUT2D eigenvalue weighted by molar-refractivity contribution is -0.138. The molecule has 5 aromatic rings. The predicted molar refractivity (Wildman–Crippen MR) is 197 cm³/mol. The average molecular weight is 753 g/mol. The van der Waals surface area contributed by atoms with Crippen molar-refractivity contribution in [2.75, 3.05) is 19.5 Å². The van der Waals surface area contributed by atoms with E-state index in [2.05, 4.69) is 10.1 Å². The minimum atomic E-state index is -4.74. The topological polar surface area (TPSA) is 91.7 Å². The van der Waals surface area contributed by atoms with Gasteiger partial charge in [0.15, 0.2) is 0 Å². The van der Waals surface area contributed by atoms with E-state index in [-0.39, 0.29) is 17.7 Å². The Bertz CT molecular complexity index is 2140. The number of rotatable bonds is 9. The molecule has 0 radical (unpaired) electrons. The van der Waals surface area contributed by atoms with Gasteiger partial charge in [0.25, 0.3) is 0 Å². The number of amides is 1. The number of nitrogens with zero attached hydrogens (tertiary/aromatic N) is 2. The number of hydrogen-bond donors (Lipinski definition) is 1. The smallest absolute Gasteiger partial charge is 0.416 e. The molecule has 0 aliphatic rings. The molecule has 1 heterocycles. The van der Waals surface area contributed by atoms with E-state index in [4.69, 9.17) is 37.7 Å². The molecule has 0 bridgehead atoms. The molecule has 0 unspecified atom stereocenters. The van der Waals surface area contributed by atoms with Crippen LogP contribution in [0.5, 0.6) is 5.75 Å². The molecule has 13 heteroatoms. The summed E-state index contributed by atoms with van der Waals surface area (Å²) in [6, 6.07) is 21.1. The lowest BCUT2D eigenvalue weighted by atomic mass is 10.0. The first-order valence-corrected chi connectivity index (χ1v) is 16.6. The van der Waals surface area contributed by atoms with E-state index in [1.807, 2.05) is 30.3 Å². The van der Waals surface area contributed by atoms with Crippen LogP contribution in [-0.2, 0) is 22.2 Å². The Balaban J connectivity index is 1.45. The standard InChI is InChI=1S/C39H34Cl2F3N3O5/c1-38(2,3)52-37(49)46-32-16-13-25(19-34(32)50-4)24-9-6-23(7-10-24)8-17-35-45-33(29-15-14-28(40)20-31(29)41)22-47(35)21-27-12-11-26(36(48)51-5)18-30(27)39(42,43)44/h6-20,22H,21H2,1-5H3,(H,46,49)/b17-8+. The van der Waals surface area contributed by atoms with Crippen LogP contribution in [0.3, 0.4) is 0 Å². The van der Waals surface area contributed by atoms with Crippen LogP contribution < -0.4 is 10.1 Å². The van der Waals surface area contributed by atoms with Crippen molar-refractivity contribution in [2.45, 2.75) is 39.1 Å². The predicted octanol–water partition coefficient (Wildman–Crippen LogP) is 10.9. The molecule has 270 valence electrons. The monoisotopic (exact) mass is 751 g/mol. The first-order chi connectivity index (χ1) is 24.5. The van der Waals surface area contributed by atoms with E-state index in [0.29, 0.717) is 38.6 Å². The molecule has 0 aliphatic heterocycles. The zero-order valence-electron chi connectivity index (χ0n) is 28.8. The molecule has 1 N–H and O–H groups in total. The second kappa shape index (κ2) is 15.5. The third-order valence-corrected chi connectivity index (χ3v) is 8.25. The van der Waals surface area contributed by atoms with Gasteiger partial charge in [-0.1, -0.05) is 65.7 Å². The molecule has 1 amide bonds. The third-order valence-electron chi connectivity index (χ3n) is 7.70. The minimum absolute atomic E-state index is 0.0759. The number of hydrogen-bond acceptors (Lipinski definition) is 6. The van der Waals surface area contributed by atoms with Gasteiger partial charge in [-0.3, -0.25) is 5.32 Å². The second-order valence-corrected chi connectivity index (χ2v) is 13.4. The number of carbonyl (C=O) groups excluding carboxylic acids is 2. The van der Waals surface area contributed by atoms with Crippen LogP contribution in [-0.4, -0.2) is 41.4 Å². The number of nitrogens with one attached hydrogen (secondary N) is 1. The first-order valence-electron chi connectivity index (χ1n) is 15.8. The Morgan fingerprint density at radius 3 is 2.23 bits per heavy atom. The number of methoxy groups -OCH3 is 2. The number of halogens is 5. The van der Waals surface area contributed by atoms with Crippen LogP contribution in [0.1, 0.15) is 53.6 Å². The van der Waals surface area contributed by atoms with Crippen molar-refractivity contribution < 1.29 is 37.0 Å². The van der Waals surface area contributed by atoms with E-state index in [9.17, 15) is 22.8 Å². The SMILES string of the molecule is COC(=O)c1ccc(Cn2cc(-c3ccc(Cl)cc3Cl)nc2/C=C/c2ccc(-c3ccc(NC(=O)OC(C)(C)C)c(OC)c3)cc2)c(C(F)(F)F)c1. The first kappa shape index (κ1) is 38.0. The fourth-order valence-corrected chi connectivity index (χ4v) is 5.77. The highest BCUT2D eigenvalue weighted by Crippen LogP contribution is 2.36. The summed E-state index contributed by atoms with van der Waals surface area (Å²) in [7, 11) is 2.61. The quantitative estimate of drug-likeness (QED) is 0.151. The largest absolute Gasteiger partial charge is 0.495 e. The Morgan fingerprint density at radius 1 is 0.885 bits per heavy atom. The van der Waals surface area contributed by atoms with Crippen LogP contribution >= 0.6 is 23.2 Å². The molecule has 4 aromatic carbocycles. The molecule has 52 heavy (non-hydrogen) atoms. The van der Waals surface area contributed by atoms with Crippen LogP contribution in [0.15, 0.2) is 85.1 Å². The number of benzene rings is 4. The molecular formula is C39H34Cl2F3N3O5. The molecule has 1 aromatic heterocycles. The maximum atomic E-state index is 14.2. The Hall–Kier alpha value is -5.26. The summed E-state index contributed by atoms with van der Waals surface area (Å²) in [5, 5.41) is 3.45. The highest BCUT2D eigenvalue weighted by molar-refractivity contribution is 6.36. The average Bonchev–Trinajstić information content (AvgIpc) is 3.48. The lowest BCUT2D eigenvalue weighted by Crippen LogP contribution is -2.27. The summed E-state index contributed by atoms with van der Waals surface area (Å²) >= 11 is 12.6. The minimum Gasteiger partial charge on any atom is -0.495 e. The van der Waals surface area contributed by atoms with Crippen LogP contribution in [0.2, 0.25) is 10.0 Å². The van der Waals surface area contributed by atoms with E-state index >= 15 is 0 Å². The Kier molecular flexibility index (Phi) is 11.4. The van der Waals surface area contributed by atoms with Gasteiger partial charge in [-0.05, 0) is 91.6 Å². The number of aromatic nitrogens is 2. The zero-order valence-corrected chi connectivity index (χ0v) is 30.3. The fraction of sp³-hybridized carbons (Fsp3) is 0.205. The summed E-state index contributed by atoms with van der Waals surface area (Å²) in [5.74, 6) is -0.0715. The molecule has 0 atom stereocenters. The summed E-state index contributed by atoms with van der Waals surface area (Å²) in [5.41, 5.74) is 2.01. The highest BCUT2D eigenvalue weighted by Gasteiger charge is 2.34. The van der Waals surface area contributed by atoms with Gasteiger partial charge in [-0.25, -0.2) is 14.6 Å². The van der Waals surface area contributed by atoms with Crippen molar-refractivity contribution in [3.05, 3.63) is 123 Å². The van der Waals surface area contributed by atoms with Crippen molar-refractivity contribution in [3.63, 3.8) is 0 Å². The highest BCUT2D eigenvalue weighted by atomic mass is 35.5. The molecule has 0 saturated carbocycles. The molecule has 0 fully saturated rings. The summed E-state index contributed by atoms with van der Waals surface area (Å²) < 4.78 is 59.7. The van der Waals surface area contributed by atoms with E-state index < -0.39 is 29.4 Å². The number of carbonyl (C=O) groups is 2. The Morgan fingerprint density at radius 2 is 1.60 bits per heavy atom. The van der Waals surface area contributed by atoms with E-state index in [1.54, 1.807) is 74.0 Å². The van der Waals surface area contributed by atoms with Gasteiger partial charge in [0.2, 0.25) is 0 Å². The lowest BCUT2D eigenvalue weighted by Gasteiger charge is -2.20.